The van der Waals surface area contributed by atoms with E-state index in [1.54, 1.807) is 58.4 Å². The molecule has 0 unspecified atom stereocenters. The van der Waals surface area contributed by atoms with Crippen LogP contribution in [-0.2, 0) is 19.6 Å². The summed E-state index contributed by atoms with van der Waals surface area (Å²) in [4.78, 5) is 51.8. The first kappa shape index (κ1) is 29.9. The second-order valence-electron chi connectivity index (χ2n) is 11.2. The minimum Gasteiger partial charge on any atom is -0.490 e. The highest BCUT2D eigenvalue weighted by atomic mass is 79.9. The third-order valence-corrected chi connectivity index (χ3v) is 9.30. The van der Waals surface area contributed by atoms with Crippen LogP contribution in [0.25, 0.3) is 16.9 Å². The number of benzene rings is 3. The van der Waals surface area contributed by atoms with E-state index in [1.807, 2.05) is 36.4 Å². The third kappa shape index (κ3) is 5.95. The van der Waals surface area contributed by atoms with Crippen molar-refractivity contribution in [3.8, 4) is 22.7 Å². The van der Waals surface area contributed by atoms with Gasteiger partial charge in [0.1, 0.15) is 11.4 Å². The molecular formula is C34H28BrClN6O4. The lowest BCUT2D eigenvalue weighted by Gasteiger charge is -2.28. The van der Waals surface area contributed by atoms with Gasteiger partial charge in [0.15, 0.2) is 0 Å². The molecule has 2 amide bonds. The van der Waals surface area contributed by atoms with E-state index in [0.29, 0.717) is 44.4 Å². The molecule has 12 heteroatoms. The Morgan fingerprint density at radius 1 is 1.02 bits per heavy atom. The molecule has 1 saturated carbocycles. The van der Waals surface area contributed by atoms with Gasteiger partial charge >= 0.3 is 5.69 Å². The molecule has 1 aliphatic heterocycles. The number of halogens is 2. The molecule has 232 valence electrons. The lowest BCUT2D eigenvalue weighted by Crippen LogP contribution is -2.41. The molecular weight excluding hydrogens is 672 g/mol. The molecule has 0 atom stereocenters. The van der Waals surface area contributed by atoms with E-state index in [9.17, 15) is 14.4 Å². The van der Waals surface area contributed by atoms with Gasteiger partial charge in [-0.3, -0.25) is 28.7 Å². The molecule has 2 aromatic heterocycles. The maximum absolute atomic E-state index is 14.1. The number of fused-ring (bicyclic) bond motifs is 1. The van der Waals surface area contributed by atoms with Gasteiger partial charge in [-0.2, -0.15) is 0 Å². The number of nitrogens with zero attached hydrogens (tertiary/aromatic N) is 5. The summed E-state index contributed by atoms with van der Waals surface area (Å²) in [5, 5.41) is 3.44. The Kier molecular flexibility index (Phi) is 8.18. The van der Waals surface area contributed by atoms with Crippen molar-refractivity contribution in [2.45, 2.75) is 38.6 Å². The zero-order valence-electron chi connectivity index (χ0n) is 24.5. The van der Waals surface area contributed by atoms with Gasteiger partial charge in [0.2, 0.25) is 0 Å². The van der Waals surface area contributed by atoms with Crippen LogP contribution < -0.4 is 15.7 Å². The van der Waals surface area contributed by atoms with Gasteiger partial charge in [-0.15, -0.1) is 0 Å². The summed E-state index contributed by atoms with van der Waals surface area (Å²) in [5.74, 6) is 0.0191. The number of aromatic nitrogens is 4. The number of carbonyl (C=O) groups is 2. The summed E-state index contributed by atoms with van der Waals surface area (Å²) < 4.78 is 9.58. The van der Waals surface area contributed by atoms with Gasteiger partial charge in [-0.1, -0.05) is 35.9 Å². The van der Waals surface area contributed by atoms with E-state index < -0.39 is 5.91 Å². The van der Waals surface area contributed by atoms with Gasteiger partial charge in [0, 0.05) is 47.6 Å². The van der Waals surface area contributed by atoms with Crippen LogP contribution in [0, 0.1) is 0 Å². The van der Waals surface area contributed by atoms with Crippen LogP contribution >= 0.6 is 27.5 Å². The Morgan fingerprint density at radius 2 is 1.83 bits per heavy atom. The van der Waals surface area contributed by atoms with Crippen LogP contribution in [-0.4, -0.2) is 48.5 Å². The number of carbonyl (C=O) groups excluding carboxylic acids is 2. The average molecular weight is 700 g/mol. The molecule has 10 nitrogen and oxygen atoms in total. The molecule has 3 heterocycles. The van der Waals surface area contributed by atoms with Crippen molar-refractivity contribution < 1.29 is 14.3 Å². The van der Waals surface area contributed by atoms with Crippen molar-refractivity contribution in [1.82, 2.24) is 29.3 Å². The van der Waals surface area contributed by atoms with Crippen LogP contribution in [0.15, 0.2) is 94.6 Å². The van der Waals surface area contributed by atoms with Crippen LogP contribution in [0.5, 0.6) is 5.75 Å². The molecule has 1 N–H and O–H groups in total. The lowest BCUT2D eigenvalue weighted by atomic mass is 10.0. The fourth-order valence-electron chi connectivity index (χ4n) is 5.59. The summed E-state index contributed by atoms with van der Waals surface area (Å²) in [7, 11) is 0. The number of amides is 2. The highest BCUT2D eigenvalue weighted by molar-refractivity contribution is 9.10. The van der Waals surface area contributed by atoms with Crippen molar-refractivity contribution in [3.05, 3.63) is 128 Å². The van der Waals surface area contributed by atoms with Gasteiger partial charge in [-0.05, 0) is 76.8 Å². The molecule has 0 radical (unpaired) electrons. The molecule has 2 aliphatic rings. The summed E-state index contributed by atoms with van der Waals surface area (Å²) >= 11 is 9.64. The molecule has 0 saturated heterocycles. The summed E-state index contributed by atoms with van der Waals surface area (Å²) in [6, 6.07) is 19.8. The molecule has 0 bridgehead atoms. The molecule has 0 spiro atoms. The lowest BCUT2D eigenvalue weighted by molar-refractivity contribution is 0.0706. The Bertz CT molecular complexity index is 2010. The average Bonchev–Trinajstić information content (AvgIpc) is 3.86. The first-order valence-electron chi connectivity index (χ1n) is 14.9. The zero-order chi connectivity index (χ0) is 31.8. The van der Waals surface area contributed by atoms with Gasteiger partial charge < -0.3 is 15.0 Å². The maximum Gasteiger partial charge on any atom is 0.333 e. The zero-order valence-corrected chi connectivity index (χ0v) is 26.9. The highest BCUT2D eigenvalue weighted by Crippen LogP contribution is 2.29. The van der Waals surface area contributed by atoms with Gasteiger partial charge in [-0.25, -0.2) is 4.79 Å². The molecule has 46 heavy (non-hydrogen) atoms. The maximum atomic E-state index is 14.1. The normalized spacial score (nSPS) is 14.1. The van der Waals surface area contributed by atoms with E-state index in [1.165, 1.54) is 4.57 Å². The van der Waals surface area contributed by atoms with Gasteiger partial charge in [0.05, 0.1) is 40.9 Å². The van der Waals surface area contributed by atoms with Crippen molar-refractivity contribution in [2.24, 2.45) is 0 Å². The van der Waals surface area contributed by atoms with Crippen LogP contribution in [0.2, 0.25) is 5.02 Å². The number of hydrogen-bond acceptors (Lipinski definition) is 6. The standard InChI is InChI=1S/C34H28BrClN6O4/c35-27-12-5-21(17-28(27)36)33(44)40-15-16-41-30(20-40)31(42(34(41)45)23-6-8-24(9-7-23)46-25-10-11-25)32(43)39-18-22-3-1-2-4-26(22)29-19-37-13-14-38-29/h1-9,12-14,17,19,25H,10-11,15-16,18,20H2,(H,39,43). The number of hydrogen-bond donors (Lipinski definition) is 1. The Hall–Kier alpha value is -4.74. The number of imidazole rings is 1. The molecule has 7 rings (SSSR count). The smallest absolute Gasteiger partial charge is 0.333 e. The largest absolute Gasteiger partial charge is 0.490 e. The van der Waals surface area contributed by atoms with Crippen LogP contribution in [0.4, 0.5) is 0 Å². The number of ether oxygens (including phenoxy) is 1. The fourth-order valence-corrected chi connectivity index (χ4v) is 6.02. The van der Waals surface area contributed by atoms with E-state index in [4.69, 9.17) is 16.3 Å². The fraction of sp³-hybridized carbons (Fsp3) is 0.206. The topological polar surface area (TPSA) is 111 Å². The van der Waals surface area contributed by atoms with Gasteiger partial charge in [0.25, 0.3) is 11.8 Å². The molecule has 3 aromatic carbocycles. The Balaban J connectivity index is 1.24. The van der Waals surface area contributed by atoms with Crippen LogP contribution in [0.3, 0.4) is 0 Å². The van der Waals surface area contributed by atoms with E-state index in [2.05, 4.69) is 31.2 Å². The van der Waals surface area contributed by atoms with Crippen LogP contribution in [0.1, 0.15) is 44.9 Å². The minimum atomic E-state index is -0.445. The van der Waals surface area contributed by atoms with Crippen molar-refractivity contribution >= 4 is 39.3 Å². The van der Waals surface area contributed by atoms with E-state index in [0.717, 1.165) is 24.0 Å². The van der Waals surface area contributed by atoms with Crippen molar-refractivity contribution in [3.63, 3.8) is 0 Å². The summed E-state index contributed by atoms with van der Waals surface area (Å²) in [6.45, 7) is 0.773. The summed E-state index contributed by atoms with van der Waals surface area (Å²) in [6.07, 6.45) is 7.17. The second kappa shape index (κ2) is 12.6. The quantitative estimate of drug-likeness (QED) is 0.225. The van der Waals surface area contributed by atoms with E-state index in [-0.39, 0.29) is 43.0 Å². The van der Waals surface area contributed by atoms with E-state index >= 15 is 0 Å². The second-order valence-corrected chi connectivity index (χ2v) is 12.4. The monoisotopic (exact) mass is 698 g/mol. The third-order valence-electron chi connectivity index (χ3n) is 8.07. The van der Waals surface area contributed by atoms with Crippen molar-refractivity contribution in [2.75, 3.05) is 6.54 Å². The molecule has 1 fully saturated rings. The highest BCUT2D eigenvalue weighted by Gasteiger charge is 2.32. The first-order chi connectivity index (χ1) is 22.4. The number of rotatable bonds is 8. The molecule has 1 aliphatic carbocycles. The first-order valence-corrected chi connectivity index (χ1v) is 16.0. The SMILES string of the molecule is O=C(NCc1ccccc1-c1cnccn1)c1c2n(c(=O)n1-c1ccc(OC3CC3)cc1)CCN(C(=O)c1ccc(Br)c(Cl)c1)C2. The Labute approximate surface area is 277 Å². The predicted molar refractivity (Wildman–Crippen MR) is 176 cm³/mol. The Morgan fingerprint density at radius 3 is 2.57 bits per heavy atom. The predicted octanol–water partition coefficient (Wildman–Crippen LogP) is 5.64. The van der Waals surface area contributed by atoms with Crippen molar-refractivity contribution in [1.29, 1.82) is 0 Å². The minimum absolute atomic E-state index is 0.0660. The summed E-state index contributed by atoms with van der Waals surface area (Å²) in [5.41, 5.74) is 3.57. The number of nitrogens with one attached hydrogen (secondary N) is 1. The molecule has 5 aromatic rings.